The molecule has 1 aromatic carbocycles. The van der Waals surface area contributed by atoms with Crippen LogP contribution >= 0.6 is 35.0 Å². The van der Waals surface area contributed by atoms with Crippen molar-refractivity contribution in [2.24, 2.45) is 0 Å². The van der Waals surface area contributed by atoms with Crippen molar-refractivity contribution in [3.05, 3.63) is 39.6 Å². The van der Waals surface area contributed by atoms with Gasteiger partial charge < -0.3 is 19.8 Å². The number of aliphatic carboxylic acids is 1. The summed E-state index contributed by atoms with van der Waals surface area (Å²) in [5.41, 5.74) is 0.645. The van der Waals surface area contributed by atoms with Crippen molar-refractivity contribution in [3.63, 3.8) is 0 Å². The first-order valence-corrected chi connectivity index (χ1v) is 10.6. The van der Waals surface area contributed by atoms with E-state index in [-0.39, 0.29) is 46.6 Å². The number of carboxylic acid groups (broad SMARTS) is 1. The van der Waals surface area contributed by atoms with E-state index in [1.54, 1.807) is 39.0 Å². The zero-order chi connectivity index (χ0) is 22.0. The molecule has 2 aromatic rings. The van der Waals surface area contributed by atoms with Gasteiger partial charge in [-0.05, 0) is 32.9 Å². The summed E-state index contributed by atoms with van der Waals surface area (Å²) in [4.78, 5) is 38.7. The van der Waals surface area contributed by atoms with Crippen molar-refractivity contribution >= 4 is 52.7 Å². The molecule has 2 N–H and O–H groups in total. The normalized spacial score (nSPS) is 23.6. The van der Waals surface area contributed by atoms with Crippen LogP contribution in [0.3, 0.4) is 0 Å². The van der Waals surface area contributed by atoms with Crippen molar-refractivity contribution < 1.29 is 53.6 Å². The molecule has 0 unspecified atom stereocenters. The number of nitrogens with one attached hydrogen (secondary N) is 1. The molecule has 3 atom stereocenters. The van der Waals surface area contributed by atoms with Crippen LogP contribution < -0.4 is 34.9 Å². The fraction of sp³-hybridized carbons (Fsp3) is 0.368. The molecule has 2 aliphatic heterocycles. The van der Waals surface area contributed by atoms with E-state index < -0.39 is 40.0 Å². The number of hydrogen-bond acceptors (Lipinski definition) is 6. The van der Waals surface area contributed by atoms with Crippen molar-refractivity contribution in [1.29, 1.82) is 0 Å². The fourth-order valence-electron chi connectivity index (χ4n) is 3.89. The summed E-state index contributed by atoms with van der Waals surface area (Å²) in [7, 11) is 0. The first-order chi connectivity index (χ1) is 14.0. The maximum Gasteiger partial charge on any atom is 1.00 e. The van der Waals surface area contributed by atoms with Crippen LogP contribution in [0.5, 0.6) is 0 Å². The van der Waals surface area contributed by atoms with Crippen LogP contribution in [0.25, 0.3) is 11.3 Å². The molecular formula is C19H17Cl2N3NaO5S+. The quantitative estimate of drug-likeness (QED) is 0.463. The van der Waals surface area contributed by atoms with Crippen LogP contribution in [0.15, 0.2) is 22.7 Å². The van der Waals surface area contributed by atoms with Gasteiger partial charge in [-0.3, -0.25) is 9.59 Å². The van der Waals surface area contributed by atoms with Crippen LogP contribution in [-0.2, 0) is 9.59 Å². The molecule has 12 heteroatoms. The Morgan fingerprint density at radius 1 is 1.29 bits per heavy atom. The second kappa shape index (κ2) is 8.61. The molecule has 3 heterocycles. The molecular weight excluding hydrogens is 476 g/mol. The molecule has 0 radical (unpaired) electrons. The first kappa shape index (κ1) is 24.4. The summed E-state index contributed by atoms with van der Waals surface area (Å²) < 4.78 is 4.52. The number of hydrogen-bond donors (Lipinski definition) is 2. The number of aryl methyl sites for hydroxylation is 1. The first-order valence-electron chi connectivity index (χ1n) is 8.99. The number of rotatable bonds is 4. The Morgan fingerprint density at radius 3 is 2.48 bits per heavy atom. The molecule has 2 saturated heterocycles. The molecule has 2 fully saturated rings. The van der Waals surface area contributed by atoms with Gasteiger partial charge in [0.1, 0.15) is 34.5 Å². The third-order valence-corrected chi connectivity index (χ3v) is 7.45. The van der Waals surface area contributed by atoms with Crippen molar-refractivity contribution in [1.82, 2.24) is 15.4 Å². The largest absolute Gasteiger partial charge is 1.00 e. The van der Waals surface area contributed by atoms with E-state index in [2.05, 4.69) is 10.5 Å². The molecule has 0 spiro atoms. The standard InChI is InChI=1S/C19H17Cl2N3O5S.Na/c1-7-10(12(23-29-7)11-8(20)5-4-6-9(11)21)15(25)22-13-16(26)24-14(18(27)28)19(2,3)30-17(13)24;/h4-6,13-14,17H,1-3H3,(H,22,25)(H,27,28);/q;+1/t13-,14+,17-;/m1./s1. The second-order valence-corrected chi connectivity index (χ2v) is 10.2. The maximum atomic E-state index is 13.1. The van der Waals surface area contributed by atoms with E-state index in [0.29, 0.717) is 15.6 Å². The van der Waals surface area contributed by atoms with Gasteiger partial charge in [0.2, 0.25) is 5.91 Å². The van der Waals surface area contributed by atoms with E-state index in [4.69, 9.17) is 27.7 Å². The van der Waals surface area contributed by atoms with Gasteiger partial charge >= 0.3 is 35.5 Å². The Labute approximate surface area is 214 Å². The second-order valence-electron chi connectivity index (χ2n) is 7.61. The molecule has 0 bridgehead atoms. The SMILES string of the molecule is Cc1onc(-c2c(Cl)cccc2Cl)c1C(=O)N[C@@H]1C(=O)N2[C@@H]1SC(C)(C)[C@@H]2C(=O)O.[Na+]. The third kappa shape index (κ3) is 3.89. The molecule has 158 valence electrons. The molecule has 2 aliphatic rings. The van der Waals surface area contributed by atoms with Gasteiger partial charge in [-0.15, -0.1) is 11.8 Å². The van der Waals surface area contributed by atoms with Gasteiger partial charge in [-0.25, -0.2) is 4.79 Å². The number of amides is 2. The summed E-state index contributed by atoms with van der Waals surface area (Å²) in [6.07, 6.45) is 0. The van der Waals surface area contributed by atoms with Crippen LogP contribution in [0, 0.1) is 6.92 Å². The van der Waals surface area contributed by atoms with Gasteiger partial charge in [0.15, 0.2) is 0 Å². The van der Waals surface area contributed by atoms with Gasteiger partial charge in [0, 0.05) is 10.3 Å². The summed E-state index contributed by atoms with van der Waals surface area (Å²) in [5, 5.41) is 16.3. The summed E-state index contributed by atoms with van der Waals surface area (Å²) in [6, 6.07) is 3.09. The van der Waals surface area contributed by atoms with Crippen LogP contribution in [0.4, 0.5) is 0 Å². The predicted octanol–water partition coefficient (Wildman–Crippen LogP) is 0.206. The third-order valence-electron chi connectivity index (χ3n) is 5.25. The van der Waals surface area contributed by atoms with E-state index in [0.717, 1.165) is 0 Å². The number of fused-ring (bicyclic) bond motifs is 1. The summed E-state index contributed by atoms with van der Waals surface area (Å²) >= 11 is 13.8. The zero-order valence-electron chi connectivity index (χ0n) is 17.1. The van der Waals surface area contributed by atoms with Gasteiger partial charge in [0.05, 0.1) is 10.0 Å². The number of carbonyl (C=O) groups excluding carboxylic acids is 2. The van der Waals surface area contributed by atoms with E-state index in [1.807, 2.05) is 0 Å². The summed E-state index contributed by atoms with van der Waals surface area (Å²) in [6.45, 7) is 5.10. The summed E-state index contributed by atoms with van der Waals surface area (Å²) in [5.74, 6) is -1.84. The number of thioether (sulfide) groups is 1. The number of aromatic nitrogens is 1. The van der Waals surface area contributed by atoms with Crippen LogP contribution in [0.2, 0.25) is 10.0 Å². The number of benzene rings is 1. The monoisotopic (exact) mass is 492 g/mol. The Balaban J connectivity index is 0.00000272. The molecule has 31 heavy (non-hydrogen) atoms. The minimum Gasteiger partial charge on any atom is -0.480 e. The fourth-order valence-corrected chi connectivity index (χ4v) is 6.09. The zero-order valence-corrected chi connectivity index (χ0v) is 21.4. The van der Waals surface area contributed by atoms with Gasteiger partial charge in [-0.2, -0.15) is 0 Å². The molecule has 8 nitrogen and oxygen atoms in total. The number of carbonyl (C=O) groups is 3. The Morgan fingerprint density at radius 2 is 1.90 bits per heavy atom. The van der Waals surface area contributed by atoms with E-state index >= 15 is 0 Å². The minimum absolute atomic E-state index is 0. The number of halogens is 2. The molecule has 2 amide bonds. The minimum atomic E-state index is -1.07. The van der Waals surface area contributed by atoms with Gasteiger partial charge in [0.25, 0.3) is 5.91 Å². The Kier molecular flexibility index (Phi) is 6.78. The molecule has 0 aliphatic carbocycles. The average Bonchev–Trinajstić information content (AvgIpc) is 3.14. The smallest absolute Gasteiger partial charge is 0.480 e. The topological polar surface area (TPSA) is 113 Å². The molecule has 4 rings (SSSR count). The number of carboxylic acids is 1. The number of nitrogens with zero attached hydrogens (tertiary/aromatic N) is 2. The van der Waals surface area contributed by atoms with Crippen LogP contribution in [-0.4, -0.2) is 55.2 Å². The Bertz CT molecular complexity index is 1070. The molecule has 0 saturated carbocycles. The van der Waals surface area contributed by atoms with E-state index in [1.165, 1.54) is 16.7 Å². The van der Waals surface area contributed by atoms with Crippen molar-refractivity contribution in [2.75, 3.05) is 0 Å². The van der Waals surface area contributed by atoms with E-state index in [9.17, 15) is 19.5 Å². The average molecular weight is 493 g/mol. The van der Waals surface area contributed by atoms with Crippen molar-refractivity contribution in [3.8, 4) is 11.3 Å². The maximum absolute atomic E-state index is 13.1. The molecule has 1 aromatic heterocycles. The predicted molar refractivity (Wildman–Crippen MR) is 112 cm³/mol. The van der Waals surface area contributed by atoms with Crippen LogP contribution in [0.1, 0.15) is 30.0 Å². The van der Waals surface area contributed by atoms with Crippen molar-refractivity contribution in [2.45, 2.75) is 43.0 Å². The Hall–Kier alpha value is -1.23. The van der Waals surface area contributed by atoms with Gasteiger partial charge in [-0.1, -0.05) is 34.4 Å². The number of β-lactam (4-membered cyclic amide) rings is 1.